The standard InChI is InChI=1S/C6H7N2O2.W/c1-2-3-8-5(7)4-6(9)10;/h3H,1H3,(H2,7,8)(H,9,10);/q-1;. The first-order valence-electron chi connectivity index (χ1n) is 2.69. The van der Waals surface area contributed by atoms with Crippen molar-refractivity contribution in [3.63, 3.8) is 0 Å². The Hall–Kier alpha value is -0.762. The van der Waals surface area contributed by atoms with Gasteiger partial charge in [-0.2, -0.15) is 0 Å². The van der Waals surface area contributed by atoms with E-state index in [1.165, 1.54) is 6.20 Å². The second kappa shape index (κ2) is 4.96. The van der Waals surface area contributed by atoms with E-state index in [-0.39, 0.29) is 9.73 Å². The summed E-state index contributed by atoms with van der Waals surface area (Å²) in [5.41, 5.74) is 5.29. The molecule has 0 radical (unpaired) electrons. The summed E-state index contributed by atoms with van der Waals surface area (Å²) in [5.74, 6) is -0.979. The number of carboxylic acid groups (broad SMARTS) is 1. The second-order valence-corrected chi connectivity index (χ2v) is 3.03. The Balaban J connectivity index is 4.36. The number of aliphatic carboxylic acids is 1. The SMILES string of the molecule is C[C-]=CN=C(N)[C](=[W])C(=O)O. The second-order valence-electron chi connectivity index (χ2n) is 1.57. The molecule has 0 aromatic carbocycles. The third-order valence-corrected chi connectivity index (χ3v) is 2.14. The van der Waals surface area contributed by atoms with Crippen LogP contribution in [0, 0.1) is 6.08 Å². The van der Waals surface area contributed by atoms with E-state index in [2.05, 4.69) is 11.1 Å². The van der Waals surface area contributed by atoms with Gasteiger partial charge in [-0.3, -0.25) is 0 Å². The summed E-state index contributed by atoms with van der Waals surface area (Å²) < 4.78 is 0.122. The van der Waals surface area contributed by atoms with Gasteiger partial charge in [0.15, 0.2) is 0 Å². The maximum atomic E-state index is 10.3. The van der Waals surface area contributed by atoms with Gasteiger partial charge in [0, 0.05) is 0 Å². The summed E-state index contributed by atoms with van der Waals surface area (Å²) in [6.45, 7) is 1.65. The van der Waals surface area contributed by atoms with E-state index in [9.17, 15) is 4.79 Å². The molecule has 0 amide bonds. The summed E-state index contributed by atoms with van der Waals surface area (Å²) in [6, 6.07) is 0. The molecule has 5 heteroatoms. The molecule has 0 saturated heterocycles. The predicted octanol–water partition coefficient (Wildman–Crippen LogP) is -0.516. The van der Waals surface area contributed by atoms with Crippen molar-refractivity contribution in [2.45, 2.75) is 6.92 Å². The van der Waals surface area contributed by atoms with Crippen LogP contribution >= 0.6 is 0 Å². The van der Waals surface area contributed by atoms with Gasteiger partial charge in [-0.1, -0.05) is 0 Å². The summed E-state index contributed by atoms with van der Waals surface area (Å²) in [6.07, 6.45) is 3.94. The van der Waals surface area contributed by atoms with Crippen molar-refractivity contribution < 1.29 is 29.3 Å². The zero-order valence-corrected chi connectivity index (χ0v) is 8.80. The van der Waals surface area contributed by atoms with E-state index < -0.39 is 5.97 Å². The molecule has 0 bridgehead atoms. The molecule has 0 unspecified atom stereocenters. The Kier molecular flexibility index (Phi) is 4.62. The minimum absolute atomic E-state index is 0.0434. The molecule has 0 aromatic heterocycles. The van der Waals surface area contributed by atoms with Crippen LogP contribution in [0.3, 0.4) is 0 Å². The van der Waals surface area contributed by atoms with E-state index in [1.807, 2.05) is 0 Å². The van der Waals surface area contributed by atoms with Crippen LogP contribution in [0.4, 0.5) is 0 Å². The Morgan fingerprint density at radius 3 is 2.73 bits per heavy atom. The Labute approximate surface area is 75.2 Å². The normalized spacial score (nSPS) is 11.9. The van der Waals surface area contributed by atoms with Gasteiger partial charge in [0.1, 0.15) is 0 Å². The number of allylic oxidation sites excluding steroid dienone is 1. The van der Waals surface area contributed by atoms with Gasteiger partial charge >= 0.3 is 74.9 Å². The topological polar surface area (TPSA) is 75.7 Å². The van der Waals surface area contributed by atoms with Crippen LogP contribution in [0.5, 0.6) is 0 Å². The fourth-order valence-electron chi connectivity index (χ4n) is 0.302. The molecule has 0 aliphatic heterocycles. The van der Waals surface area contributed by atoms with Crippen molar-refractivity contribution in [3.8, 4) is 0 Å². The van der Waals surface area contributed by atoms with Gasteiger partial charge in [0.2, 0.25) is 0 Å². The molecule has 0 heterocycles. The van der Waals surface area contributed by atoms with Crippen LogP contribution in [0.15, 0.2) is 11.2 Å². The maximum absolute atomic E-state index is 10.3. The molecular weight excluding hydrogens is 316 g/mol. The number of aliphatic imine (C=N–C) groups is 1. The van der Waals surface area contributed by atoms with Crippen molar-refractivity contribution in [1.82, 2.24) is 0 Å². The molecule has 0 saturated carbocycles. The first-order valence-corrected chi connectivity index (χ1v) is 4.16. The number of amidine groups is 1. The summed E-state index contributed by atoms with van der Waals surface area (Å²) in [5, 5.41) is 8.44. The number of hydrogen-bond acceptors (Lipinski definition) is 2. The average molecular weight is 323 g/mol. The molecule has 4 nitrogen and oxygen atoms in total. The zero-order valence-electron chi connectivity index (χ0n) is 5.87. The van der Waals surface area contributed by atoms with Crippen molar-refractivity contribution >= 4 is 15.7 Å². The van der Waals surface area contributed by atoms with Gasteiger partial charge < -0.3 is 0 Å². The van der Waals surface area contributed by atoms with E-state index in [0.717, 1.165) is 19.4 Å². The monoisotopic (exact) mass is 323 g/mol. The van der Waals surface area contributed by atoms with Gasteiger partial charge in [-0.25, -0.2) is 0 Å². The average Bonchev–Trinajstić information content (AvgIpc) is 1.98. The third kappa shape index (κ3) is 3.83. The first-order chi connectivity index (χ1) is 5.09. The van der Waals surface area contributed by atoms with Gasteiger partial charge in [0.25, 0.3) is 0 Å². The van der Waals surface area contributed by atoms with Gasteiger partial charge in [0.05, 0.1) is 0 Å². The summed E-state index contributed by atoms with van der Waals surface area (Å²) in [4.78, 5) is 13.9. The zero-order chi connectivity index (χ0) is 8.85. The molecule has 0 aromatic rings. The first kappa shape index (κ1) is 10.2. The van der Waals surface area contributed by atoms with Crippen LogP contribution in [0.25, 0.3) is 0 Å². The number of carbonyl (C=O) groups is 1. The number of nitrogens with zero attached hydrogens (tertiary/aromatic N) is 1. The summed E-state index contributed by atoms with van der Waals surface area (Å²) >= 11 is 0.790. The van der Waals surface area contributed by atoms with E-state index in [4.69, 9.17) is 10.8 Å². The van der Waals surface area contributed by atoms with Crippen molar-refractivity contribution in [1.29, 1.82) is 0 Å². The predicted molar refractivity (Wildman–Crippen MR) is 37.8 cm³/mol. The quantitative estimate of drug-likeness (QED) is 0.417. The van der Waals surface area contributed by atoms with Gasteiger partial charge in [-0.15, -0.1) is 0 Å². The van der Waals surface area contributed by atoms with Crippen LogP contribution in [-0.4, -0.2) is 20.8 Å². The van der Waals surface area contributed by atoms with Crippen LogP contribution in [0.2, 0.25) is 0 Å². The Morgan fingerprint density at radius 2 is 2.36 bits per heavy atom. The molecule has 60 valence electrons. The number of nitrogens with two attached hydrogens (primary N) is 1. The van der Waals surface area contributed by atoms with Crippen LogP contribution < -0.4 is 5.73 Å². The molecule has 0 fully saturated rings. The molecular formula is C6H7N2O2W-. The van der Waals surface area contributed by atoms with Crippen molar-refractivity contribution in [3.05, 3.63) is 12.3 Å². The molecule has 0 spiro atoms. The number of rotatable bonds is 3. The number of carboxylic acids is 1. The van der Waals surface area contributed by atoms with E-state index >= 15 is 0 Å². The molecule has 0 aliphatic rings. The van der Waals surface area contributed by atoms with Crippen molar-refractivity contribution in [2.75, 3.05) is 0 Å². The fourth-order valence-corrected chi connectivity index (χ4v) is 0.492. The van der Waals surface area contributed by atoms with E-state index in [1.54, 1.807) is 6.92 Å². The number of hydrogen-bond donors (Lipinski definition) is 2. The van der Waals surface area contributed by atoms with Crippen LogP contribution in [-0.2, 0) is 24.1 Å². The molecule has 0 rings (SSSR count). The molecule has 3 N–H and O–H groups in total. The Bertz CT molecular complexity index is 233. The molecule has 0 atom stereocenters. The van der Waals surface area contributed by atoms with E-state index in [0.29, 0.717) is 0 Å². The fraction of sp³-hybridized carbons (Fsp3) is 0.167. The Morgan fingerprint density at radius 1 is 1.82 bits per heavy atom. The molecule has 0 aliphatic carbocycles. The minimum atomic E-state index is -1.02. The summed E-state index contributed by atoms with van der Waals surface area (Å²) in [7, 11) is 0. The third-order valence-electron chi connectivity index (χ3n) is 0.760. The van der Waals surface area contributed by atoms with Crippen LogP contribution in [0.1, 0.15) is 6.92 Å². The van der Waals surface area contributed by atoms with Crippen molar-refractivity contribution in [2.24, 2.45) is 10.7 Å². The van der Waals surface area contributed by atoms with Gasteiger partial charge in [-0.05, 0) is 0 Å². The molecule has 11 heavy (non-hydrogen) atoms.